The number of aromatic amines is 1. The number of nitrogens with one attached hydrogen (secondary N) is 2. The predicted octanol–water partition coefficient (Wildman–Crippen LogP) is 3.40. The fraction of sp³-hybridized carbons (Fsp3) is 0.217. The van der Waals surface area contributed by atoms with Gasteiger partial charge in [-0.3, -0.25) is 9.59 Å². The van der Waals surface area contributed by atoms with Crippen molar-refractivity contribution in [1.82, 2.24) is 10.3 Å². The van der Waals surface area contributed by atoms with Gasteiger partial charge in [-0.15, -0.1) is 0 Å². The Labute approximate surface area is 157 Å². The minimum Gasteiger partial charge on any atom is -0.352 e. The van der Waals surface area contributed by atoms with E-state index in [9.17, 15) is 9.59 Å². The zero-order valence-corrected chi connectivity index (χ0v) is 14.8. The highest BCUT2D eigenvalue weighted by atomic mass is 16.1. The Bertz CT molecular complexity index is 1020. The first-order chi connectivity index (χ1) is 13.2. The summed E-state index contributed by atoms with van der Waals surface area (Å²) < 4.78 is 0. The number of pyridine rings is 1. The van der Waals surface area contributed by atoms with Gasteiger partial charge in [0, 0.05) is 30.6 Å². The molecule has 0 spiro atoms. The molecule has 1 aromatic heterocycles. The Morgan fingerprint density at radius 3 is 2.15 bits per heavy atom. The molecule has 6 rings (SSSR count). The summed E-state index contributed by atoms with van der Waals surface area (Å²) in [7, 11) is 0. The molecule has 0 aliphatic heterocycles. The van der Waals surface area contributed by atoms with Crippen molar-refractivity contribution in [2.24, 2.45) is 5.92 Å². The van der Waals surface area contributed by atoms with E-state index in [0.29, 0.717) is 29.9 Å². The van der Waals surface area contributed by atoms with E-state index in [1.807, 2.05) is 0 Å². The first kappa shape index (κ1) is 16.1. The van der Waals surface area contributed by atoms with Crippen LogP contribution in [0.3, 0.4) is 0 Å². The lowest BCUT2D eigenvalue weighted by Gasteiger charge is -2.45. The third-order valence-corrected chi connectivity index (χ3v) is 5.99. The third kappa shape index (κ3) is 2.60. The Kier molecular flexibility index (Phi) is 3.71. The Morgan fingerprint density at radius 1 is 0.926 bits per heavy atom. The van der Waals surface area contributed by atoms with Crippen molar-refractivity contribution in [3.63, 3.8) is 0 Å². The van der Waals surface area contributed by atoms with Crippen LogP contribution in [0.4, 0.5) is 0 Å². The average molecular weight is 356 g/mol. The molecule has 0 radical (unpaired) electrons. The van der Waals surface area contributed by atoms with E-state index >= 15 is 0 Å². The second-order valence-corrected chi connectivity index (χ2v) is 7.44. The van der Waals surface area contributed by atoms with E-state index in [4.69, 9.17) is 0 Å². The average Bonchev–Trinajstić information content (AvgIpc) is 2.72. The molecule has 2 aromatic carbocycles. The number of carbonyl (C=O) groups excluding carboxylic acids is 1. The number of aromatic nitrogens is 1. The molecule has 0 unspecified atom stereocenters. The number of hydrogen-bond donors (Lipinski definition) is 2. The van der Waals surface area contributed by atoms with Crippen LogP contribution in [-0.2, 0) is 0 Å². The first-order valence-electron chi connectivity index (χ1n) is 9.37. The van der Waals surface area contributed by atoms with Gasteiger partial charge >= 0.3 is 0 Å². The van der Waals surface area contributed by atoms with E-state index < -0.39 is 0 Å². The smallest absolute Gasteiger partial charge is 0.252 e. The highest BCUT2D eigenvalue weighted by Crippen LogP contribution is 2.55. The van der Waals surface area contributed by atoms with Crippen LogP contribution in [0.15, 0.2) is 71.7 Å². The van der Waals surface area contributed by atoms with Crippen molar-refractivity contribution >= 4 is 5.91 Å². The second-order valence-electron chi connectivity index (χ2n) is 7.44. The SMILES string of the molecule is O=C(NC[C@H]1CC2c3ccccc3C1c1ccccc12)c1ccc(=O)[nH]c1. The monoisotopic (exact) mass is 356 g/mol. The standard InChI is InChI=1S/C23H20N2O2/c26-21-10-9-14(12-24-21)23(27)25-13-15-11-20-16-5-1-3-7-18(16)22(15)19-8-4-2-6-17(19)20/h1-10,12,15,20,22H,11,13H2,(H,24,26)(H,25,27)/t15-,20?,22?/m1/s1. The van der Waals surface area contributed by atoms with Crippen LogP contribution in [-0.4, -0.2) is 17.4 Å². The molecule has 3 aromatic rings. The van der Waals surface area contributed by atoms with Crippen LogP contribution in [0, 0.1) is 5.92 Å². The number of H-pyrrole nitrogens is 1. The molecular weight excluding hydrogens is 336 g/mol. The molecule has 2 N–H and O–H groups in total. The number of benzene rings is 2. The molecule has 0 saturated carbocycles. The highest BCUT2D eigenvalue weighted by molar-refractivity contribution is 5.93. The van der Waals surface area contributed by atoms with Crippen LogP contribution >= 0.6 is 0 Å². The largest absolute Gasteiger partial charge is 0.352 e. The summed E-state index contributed by atoms with van der Waals surface area (Å²) in [6, 6.07) is 20.4. The van der Waals surface area contributed by atoms with E-state index in [-0.39, 0.29) is 11.5 Å². The van der Waals surface area contributed by atoms with Crippen LogP contribution in [0.1, 0.15) is 50.9 Å². The second kappa shape index (κ2) is 6.23. The van der Waals surface area contributed by atoms with E-state index in [1.54, 1.807) is 6.07 Å². The van der Waals surface area contributed by atoms with E-state index in [0.717, 1.165) is 6.42 Å². The van der Waals surface area contributed by atoms with Gasteiger partial charge in [0.05, 0.1) is 5.56 Å². The highest BCUT2D eigenvalue weighted by Gasteiger charge is 2.42. The van der Waals surface area contributed by atoms with Gasteiger partial charge in [0.25, 0.3) is 5.91 Å². The lowest BCUT2D eigenvalue weighted by Crippen LogP contribution is -2.39. The van der Waals surface area contributed by atoms with E-state index in [2.05, 4.69) is 58.8 Å². The van der Waals surface area contributed by atoms with Crippen LogP contribution < -0.4 is 10.9 Å². The van der Waals surface area contributed by atoms with Gasteiger partial charge < -0.3 is 10.3 Å². The van der Waals surface area contributed by atoms with Crippen molar-refractivity contribution in [1.29, 1.82) is 0 Å². The minimum absolute atomic E-state index is 0.144. The fourth-order valence-corrected chi connectivity index (χ4v) is 4.84. The molecule has 134 valence electrons. The van der Waals surface area contributed by atoms with Gasteiger partial charge in [0.15, 0.2) is 0 Å². The third-order valence-electron chi connectivity index (χ3n) is 5.99. The Balaban J connectivity index is 1.43. The normalized spacial score (nSPS) is 22.0. The van der Waals surface area contributed by atoms with Crippen molar-refractivity contribution < 1.29 is 4.79 Å². The summed E-state index contributed by atoms with van der Waals surface area (Å²) in [6.45, 7) is 0.627. The molecule has 1 heterocycles. The van der Waals surface area contributed by atoms with Gasteiger partial charge in [0.2, 0.25) is 5.56 Å². The molecule has 0 saturated heterocycles. The molecule has 2 bridgehead atoms. The van der Waals surface area contributed by atoms with Crippen LogP contribution in [0.2, 0.25) is 0 Å². The molecule has 0 fully saturated rings. The number of rotatable bonds is 3. The quantitative estimate of drug-likeness (QED) is 0.755. The summed E-state index contributed by atoms with van der Waals surface area (Å²) >= 11 is 0. The fourth-order valence-electron chi connectivity index (χ4n) is 4.84. The summed E-state index contributed by atoms with van der Waals surface area (Å²) in [5.41, 5.74) is 5.95. The predicted molar refractivity (Wildman–Crippen MR) is 104 cm³/mol. The molecule has 1 atom stereocenters. The number of hydrogen-bond acceptors (Lipinski definition) is 2. The Hall–Kier alpha value is -3.14. The van der Waals surface area contributed by atoms with Gasteiger partial charge in [-0.1, -0.05) is 48.5 Å². The molecular formula is C23H20N2O2. The van der Waals surface area contributed by atoms with Crippen molar-refractivity contribution in [2.75, 3.05) is 6.54 Å². The number of fused-ring (bicyclic) bond motifs is 1. The van der Waals surface area contributed by atoms with Gasteiger partial charge in [-0.05, 0) is 40.7 Å². The molecule has 3 aliphatic carbocycles. The first-order valence-corrected chi connectivity index (χ1v) is 9.37. The van der Waals surface area contributed by atoms with Gasteiger partial charge in [0.1, 0.15) is 0 Å². The van der Waals surface area contributed by atoms with Crippen LogP contribution in [0.5, 0.6) is 0 Å². The maximum atomic E-state index is 12.5. The maximum absolute atomic E-state index is 12.5. The molecule has 3 aliphatic rings. The molecule has 4 nitrogen and oxygen atoms in total. The lowest BCUT2D eigenvalue weighted by molar-refractivity contribution is 0.0942. The van der Waals surface area contributed by atoms with E-state index in [1.165, 1.54) is 34.5 Å². The summed E-state index contributed by atoms with van der Waals surface area (Å²) in [6.07, 6.45) is 2.51. The summed E-state index contributed by atoms with van der Waals surface area (Å²) in [5.74, 6) is 0.941. The summed E-state index contributed by atoms with van der Waals surface area (Å²) in [5, 5.41) is 3.07. The molecule has 27 heavy (non-hydrogen) atoms. The van der Waals surface area contributed by atoms with Crippen molar-refractivity contribution in [2.45, 2.75) is 18.3 Å². The maximum Gasteiger partial charge on any atom is 0.252 e. The van der Waals surface area contributed by atoms with Gasteiger partial charge in [-0.25, -0.2) is 0 Å². The van der Waals surface area contributed by atoms with Crippen LogP contribution in [0.25, 0.3) is 0 Å². The Morgan fingerprint density at radius 2 is 1.56 bits per heavy atom. The molecule has 1 amide bonds. The number of amides is 1. The topological polar surface area (TPSA) is 62.0 Å². The summed E-state index contributed by atoms with van der Waals surface area (Å²) in [4.78, 5) is 26.2. The zero-order valence-electron chi connectivity index (χ0n) is 14.8. The lowest BCUT2D eigenvalue weighted by atomic mass is 9.59. The van der Waals surface area contributed by atoms with Gasteiger partial charge in [-0.2, -0.15) is 0 Å². The van der Waals surface area contributed by atoms with Crippen molar-refractivity contribution in [3.8, 4) is 0 Å². The number of carbonyl (C=O) groups is 1. The minimum atomic E-state index is -0.204. The van der Waals surface area contributed by atoms with Crippen molar-refractivity contribution in [3.05, 3.63) is 105 Å². The zero-order chi connectivity index (χ0) is 18.4. The molecule has 4 heteroatoms.